The molecule has 1 heterocycles. The number of ether oxygens (including phenoxy) is 4. The fraction of sp³-hybridized carbons (Fsp3) is 0.500. The Labute approximate surface area is 204 Å². The van der Waals surface area contributed by atoms with Crippen molar-refractivity contribution >= 4 is 23.9 Å². The molecule has 0 spiro atoms. The standard InChI is InChI=1S/C24H33N3O8/c1-24(2,3)34-23(30)27-12-11-17(33-15-16-9-7-6-8-10-16)13-18(27)21(25)26-35-19(22(29)32-5)14-20(28)31-4/h6-10,14,17-18H,11-13,15H2,1-5H3,(H2,25,26)/b19-14+. The number of amides is 1. The lowest BCUT2D eigenvalue weighted by molar-refractivity contribution is -0.142. The SMILES string of the molecule is COC(=O)/C=C(/O/N=C(\N)C1CC(OCc2ccccc2)CCN1C(=O)OC(C)(C)C)C(=O)OC. The molecule has 11 nitrogen and oxygen atoms in total. The monoisotopic (exact) mass is 491 g/mol. The lowest BCUT2D eigenvalue weighted by Gasteiger charge is -2.39. The number of hydrogen-bond donors (Lipinski definition) is 1. The van der Waals surface area contributed by atoms with E-state index in [4.69, 9.17) is 20.0 Å². The molecule has 2 N–H and O–H groups in total. The third-order valence-corrected chi connectivity index (χ3v) is 4.94. The predicted molar refractivity (Wildman–Crippen MR) is 126 cm³/mol. The summed E-state index contributed by atoms with van der Waals surface area (Å²) in [4.78, 5) is 42.9. The van der Waals surface area contributed by atoms with Crippen molar-refractivity contribution < 1.29 is 38.2 Å². The molecule has 1 aromatic carbocycles. The van der Waals surface area contributed by atoms with E-state index in [0.717, 1.165) is 25.9 Å². The molecule has 11 heteroatoms. The number of amidine groups is 1. The van der Waals surface area contributed by atoms with Gasteiger partial charge in [0.1, 0.15) is 5.60 Å². The van der Waals surface area contributed by atoms with Crippen LogP contribution in [0.15, 0.2) is 47.3 Å². The summed E-state index contributed by atoms with van der Waals surface area (Å²) >= 11 is 0. The minimum atomic E-state index is -0.955. The van der Waals surface area contributed by atoms with Crippen LogP contribution < -0.4 is 5.73 Å². The molecule has 1 saturated heterocycles. The van der Waals surface area contributed by atoms with E-state index in [-0.39, 0.29) is 11.9 Å². The van der Waals surface area contributed by atoms with E-state index in [1.165, 1.54) is 4.90 Å². The summed E-state index contributed by atoms with van der Waals surface area (Å²) in [5.74, 6) is -2.44. The Morgan fingerprint density at radius 3 is 2.43 bits per heavy atom. The molecule has 1 aliphatic rings. The normalized spacial score (nSPS) is 19.1. The highest BCUT2D eigenvalue weighted by Crippen LogP contribution is 2.24. The number of hydrogen-bond acceptors (Lipinski definition) is 9. The predicted octanol–water partition coefficient (Wildman–Crippen LogP) is 2.49. The van der Waals surface area contributed by atoms with Crippen molar-refractivity contribution in [3.63, 3.8) is 0 Å². The number of carbonyl (C=O) groups is 3. The maximum atomic E-state index is 12.9. The first-order valence-electron chi connectivity index (χ1n) is 11.1. The zero-order valence-corrected chi connectivity index (χ0v) is 20.7. The lowest BCUT2D eigenvalue weighted by atomic mass is 9.98. The van der Waals surface area contributed by atoms with Crippen LogP contribution in [-0.2, 0) is 40.0 Å². The summed E-state index contributed by atoms with van der Waals surface area (Å²) in [5.41, 5.74) is 6.48. The van der Waals surface area contributed by atoms with Crippen molar-refractivity contribution in [1.29, 1.82) is 0 Å². The van der Waals surface area contributed by atoms with Gasteiger partial charge in [0.25, 0.3) is 0 Å². The number of piperidine rings is 1. The Bertz CT molecular complexity index is 940. The van der Waals surface area contributed by atoms with E-state index in [2.05, 4.69) is 14.6 Å². The summed E-state index contributed by atoms with van der Waals surface area (Å²) in [5, 5.41) is 3.80. The summed E-state index contributed by atoms with van der Waals surface area (Å²) in [7, 11) is 2.26. The van der Waals surface area contributed by atoms with Gasteiger partial charge in [-0.2, -0.15) is 0 Å². The fourth-order valence-corrected chi connectivity index (χ4v) is 3.24. The molecular formula is C24H33N3O8. The van der Waals surface area contributed by atoms with E-state index in [1.807, 2.05) is 30.3 Å². The molecule has 192 valence electrons. The smallest absolute Gasteiger partial charge is 0.410 e. The summed E-state index contributed by atoms with van der Waals surface area (Å²) in [6.45, 7) is 5.98. The first kappa shape index (κ1) is 27.6. The van der Waals surface area contributed by atoms with Crippen molar-refractivity contribution in [3.8, 4) is 0 Å². The molecule has 2 atom stereocenters. The molecule has 35 heavy (non-hydrogen) atoms. The van der Waals surface area contributed by atoms with Crippen LogP contribution in [0.1, 0.15) is 39.2 Å². The van der Waals surface area contributed by atoms with Gasteiger partial charge in [0.15, 0.2) is 5.84 Å². The Hall–Kier alpha value is -3.60. The molecule has 1 aromatic rings. The second kappa shape index (κ2) is 12.7. The molecule has 2 unspecified atom stereocenters. The van der Waals surface area contributed by atoms with Gasteiger partial charge >= 0.3 is 18.0 Å². The minimum absolute atomic E-state index is 0.108. The number of nitrogens with zero attached hydrogens (tertiary/aromatic N) is 2. The van der Waals surface area contributed by atoms with Gasteiger partial charge in [-0.3, -0.25) is 4.90 Å². The van der Waals surface area contributed by atoms with Gasteiger partial charge in [-0.05, 0) is 32.8 Å². The molecule has 1 amide bonds. The van der Waals surface area contributed by atoms with Gasteiger partial charge in [0, 0.05) is 13.0 Å². The molecule has 1 aliphatic heterocycles. The maximum Gasteiger partial charge on any atom is 0.410 e. The minimum Gasteiger partial charge on any atom is -0.466 e. The van der Waals surface area contributed by atoms with Crippen LogP contribution in [0.2, 0.25) is 0 Å². The van der Waals surface area contributed by atoms with Gasteiger partial charge in [-0.25, -0.2) is 14.4 Å². The van der Waals surface area contributed by atoms with Crippen LogP contribution in [0.25, 0.3) is 0 Å². The van der Waals surface area contributed by atoms with E-state index < -0.39 is 35.4 Å². The Morgan fingerprint density at radius 2 is 1.83 bits per heavy atom. The number of esters is 2. The van der Waals surface area contributed by atoms with Crippen LogP contribution >= 0.6 is 0 Å². The Morgan fingerprint density at radius 1 is 1.14 bits per heavy atom. The van der Waals surface area contributed by atoms with Crippen LogP contribution in [0, 0.1) is 0 Å². The highest BCUT2D eigenvalue weighted by Gasteiger charge is 2.37. The number of oxime groups is 1. The van der Waals surface area contributed by atoms with Crippen molar-refractivity contribution in [2.24, 2.45) is 10.9 Å². The summed E-state index contributed by atoms with van der Waals surface area (Å²) in [6.07, 6.45) is 0.866. The Kier molecular flexibility index (Phi) is 10.1. The van der Waals surface area contributed by atoms with Crippen molar-refractivity contribution in [2.75, 3.05) is 20.8 Å². The molecule has 0 bridgehead atoms. The molecule has 0 saturated carbocycles. The van der Waals surface area contributed by atoms with Crippen molar-refractivity contribution in [3.05, 3.63) is 47.7 Å². The molecule has 0 aliphatic carbocycles. The third-order valence-electron chi connectivity index (χ3n) is 4.94. The van der Waals surface area contributed by atoms with E-state index >= 15 is 0 Å². The zero-order chi connectivity index (χ0) is 26.0. The second-order valence-corrected chi connectivity index (χ2v) is 8.76. The van der Waals surface area contributed by atoms with E-state index in [0.29, 0.717) is 26.0 Å². The largest absolute Gasteiger partial charge is 0.466 e. The van der Waals surface area contributed by atoms with Gasteiger partial charge in [-0.15, -0.1) is 0 Å². The van der Waals surface area contributed by atoms with Crippen LogP contribution in [-0.4, -0.2) is 67.3 Å². The molecule has 1 fully saturated rings. The molecular weight excluding hydrogens is 458 g/mol. The maximum absolute atomic E-state index is 12.9. The highest BCUT2D eigenvalue weighted by atomic mass is 16.7. The average molecular weight is 492 g/mol. The topological polar surface area (TPSA) is 139 Å². The first-order chi connectivity index (χ1) is 16.5. The number of likely N-dealkylation sites (tertiary alicyclic amines) is 1. The molecule has 0 aromatic heterocycles. The number of carbonyl (C=O) groups excluding carboxylic acids is 3. The lowest BCUT2D eigenvalue weighted by Crippen LogP contribution is -2.55. The first-order valence-corrected chi connectivity index (χ1v) is 11.1. The van der Waals surface area contributed by atoms with Crippen LogP contribution in [0.3, 0.4) is 0 Å². The molecule has 2 rings (SSSR count). The quantitative estimate of drug-likeness (QED) is 0.110. The zero-order valence-electron chi connectivity index (χ0n) is 20.7. The average Bonchev–Trinajstić information content (AvgIpc) is 2.83. The van der Waals surface area contributed by atoms with Gasteiger partial charge in [-0.1, -0.05) is 35.5 Å². The number of benzene rings is 1. The van der Waals surface area contributed by atoms with E-state index in [9.17, 15) is 14.4 Å². The second-order valence-electron chi connectivity index (χ2n) is 8.76. The van der Waals surface area contributed by atoms with Crippen molar-refractivity contribution in [2.45, 2.75) is 58.0 Å². The van der Waals surface area contributed by atoms with Gasteiger partial charge in [0.2, 0.25) is 5.76 Å². The fourth-order valence-electron chi connectivity index (χ4n) is 3.24. The Balaban J connectivity index is 2.22. The van der Waals surface area contributed by atoms with Crippen molar-refractivity contribution in [1.82, 2.24) is 4.90 Å². The number of nitrogens with two attached hydrogens (primary N) is 1. The number of methoxy groups -OCH3 is 2. The summed E-state index contributed by atoms with van der Waals surface area (Å²) < 4.78 is 20.7. The van der Waals surface area contributed by atoms with Gasteiger partial charge < -0.3 is 29.5 Å². The van der Waals surface area contributed by atoms with Gasteiger partial charge in [0.05, 0.1) is 39.0 Å². The number of rotatable bonds is 8. The van der Waals surface area contributed by atoms with E-state index in [1.54, 1.807) is 20.8 Å². The highest BCUT2D eigenvalue weighted by molar-refractivity contribution is 5.95. The molecule has 0 radical (unpaired) electrons. The van der Waals surface area contributed by atoms with Crippen LogP contribution in [0.4, 0.5) is 4.79 Å². The van der Waals surface area contributed by atoms with Crippen LogP contribution in [0.5, 0.6) is 0 Å². The summed E-state index contributed by atoms with van der Waals surface area (Å²) in [6, 6.07) is 8.95. The third kappa shape index (κ3) is 8.93.